The van der Waals surface area contributed by atoms with Crippen LogP contribution in [0.15, 0.2) is 41.2 Å². The van der Waals surface area contributed by atoms with Crippen LogP contribution in [-0.2, 0) is 61.8 Å². The van der Waals surface area contributed by atoms with Crippen LogP contribution in [0.3, 0.4) is 0 Å². The lowest BCUT2D eigenvalue weighted by Gasteiger charge is -2.49. The molecule has 5 bridgehead atoms. The third kappa shape index (κ3) is 19.5. The molecule has 620 valence electrons. The van der Waals surface area contributed by atoms with Gasteiger partial charge in [-0.15, -0.1) is 0 Å². The first-order valence-electron chi connectivity index (χ1n) is 38.3. The molecule has 0 radical (unpaired) electrons. The summed E-state index contributed by atoms with van der Waals surface area (Å²) in [6.07, 6.45) is -4.85. The van der Waals surface area contributed by atoms with Crippen LogP contribution >= 0.6 is 0 Å². The lowest BCUT2D eigenvalue weighted by Crippen LogP contribution is -2.61. The van der Waals surface area contributed by atoms with Gasteiger partial charge in [0.1, 0.15) is 53.0 Å². The van der Waals surface area contributed by atoms with E-state index >= 15 is 0 Å². The Morgan fingerprint density at radius 1 is 0.764 bits per heavy atom. The van der Waals surface area contributed by atoms with Gasteiger partial charge in [0, 0.05) is 125 Å². The maximum absolute atomic E-state index is 14.4. The highest BCUT2D eigenvalue weighted by molar-refractivity contribution is 6.24. The predicted octanol–water partition coefficient (Wildman–Crippen LogP) is 6.12. The first-order valence-corrected chi connectivity index (χ1v) is 38.3. The molecule has 0 aromatic heterocycles. The minimum absolute atomic E-state index is 0.0559. The number of carbonyl (C=O) groups is 5. The second-order valence-corrected chi connectivity index (χ2v) is 32.6. The fraction of sp³-hybridized carbons (Fsp3) is 0.725. The highest BCUT2D eigenvalue weighted by Crippen LogP contribution is 2.55. The zero-order valence-electron chi connectivity index (χ0n) is 68.3. The smallest absolute Gasteiger partial charge is 0.312 e. The van der Waals surface area contributed by atoms with Gasteiger partial charge in [-0.3, -0.25) is 29.0 Å². The van der Waals surface area contributed by atoms with Gasteiger partial charge in [0.2, 0.25) is 0 Å². The Bertz CT molecular complexity index is 3690. The molecule has 27 atom stereocenters. The first kappa shape index (κ1) is 90.7. The SMILES string of the molecule is CC[C@H]1OC(=O)[C@H](C)[C@@H](O[C@H]2C[C@@](C)(OC)[C@@H](O)[C@H](C)O2)[C@H](C)[C@@H](O[C@@H]2O[C@H](C)C[C@H](N(C)C)[C@H]2O)[C@](C)(O)C[C@@H](C)C(=O)[C@H](C)[C@@H](O)[C@]1(C)O.CO[C@H]1/C=C/O[C@@]2(C)Oc3c(C)c(O)c4c(O)c(c(/C=N\N5CCN(C)CC5)c(O)c4c3C2=O)NC(=O)/C(C)=C\C=C\[C@H](C)[C@H](O)[C@@H](C)[C@@H](O)[C@@H](C)[C@H](OC(C)=O)[C@@H]1C. The molecule has 7 aliphatic rings. The van der Waals surface area contributed by atoms with Crippen molar-refractivity contribution in [1.82, 2.24) is 14.8 Å². The Morgan fingerprint density at radius 2 is 1.40 bits per heavy atom. The topological polar surface area (TPSA) is 414 Å². The maximum atomic E-state index is 14.4. The van der Waals surface area contributed by atoms with E-state index in [1.165, 1.54) is 87.3 Å². The van der Waals surface area contributed by atoms with E-state index in [2.05, 4.69) is 15.3 Å². The average molecular weight is 1560 g/mol. The van der Waals surface area contributed by atoms with Crippen molar-refractivity contribution in [1.29, 1.82) is 0 Å². The van der Waals surface area contributed by atoms with Crippen molar-refractivity contribution in [3.8, 4) is 23.0 Å². The number of hydrazone groups is 1. The Labute approximate surface area is 646 Å². The molecule has 9 rings (SSSR count). The lowest BCUT2D eigenvalue weighted by molar-refractivity contribution is -0.318. The number of methoxy groups -OCH3 is 2. The number of likely N-dealkylation sites (N-methyl/N-ethyl adjacent to an activating group) is 2. The number of aliphatic hydroxyl groups excluding tert-OH is 5. The van der Waals surface area contributed by atoms with Gasteiger partial charge in [-0.2, -0.15) is 5.10 Å². The van der Waals surface area contributed by atoms with Gasteiger partial charge in [0.25, 0.3) is 11.7 Å². The van der Waals surface area contributed by atoms with E-state index in [1.807, 2.05) is 33.0 Å². The summed E-state index contributed by atoms with van der Waals surface area (Å²) in [4.78, 5) is 72.4. The van der Waals surface area contributed by atoms with Gasteiger partial charge in [-0.25, -0.2) is 0 Å². The molecule has 0 unspecified atom stereocenters. The van der Waals surface area contributed by atoms with Crippen LogP contribution in [0.2, 0.25) is 0 Å². The van der Waals surface area contributed by atoms with Gasteiger partial charge in [-0.1, -0.05) is 73.6 Å². The molecule has 0 saturated carbocycles. The molecule has 30 heteroatoms. The van der Waals surface area contributed by atoms with Crippen LogP contribution in [0, 0.1) is 54.3 Å². The molecule has 7 heterocycles. The van der Waals surface area contributed by atoms with E-state index < -0.39 is 196 Å². The van der Waals surface area contributed by atoms with Gasteiger partial charge in [0.15, 0.2) is 18.3 Å². The van der Waals surface area contributed by atoms with Crippen LogP contribution in [0.4, 0.5) is 5.69 Å². The minimum Gasteiger partial charge on any atom is -0.507 e. The number of hydrogen-bond acceptors (Lipinski definition) is 29. The van der Waals surface area contributed by atoms with Gasteiger partial charge in [0.05, 0.1) is 101 Å². The molecule has 1 amide bonds. The van der Waals surface area contributed by atoms with Gasteiger partial charge < -0.3 is 114 Å². The number of phenolic OH excluding ortho intramolecular Hbond substituents is 3. The summed E-state index contributed by atoms with van der Waals surface area (Å²) in [7, 11) is 8.60. The van der Waals surface area contributed by atoms with E-state index in [4.69, 9.17) is 47.4 Å². The third-order valence-electron chi connectivity index (χ3n) is 23.7. The number of anilines is 1. The van der Waals surface area contributed by atoms with Crippen molar-refractivity contribution < 1.29 is 122 Å². The number of amides is 1. The Hall–Kier alpha value is -6.46. The van der Waals surface area contributed by atoms with Gasteiger partial charge in [-0.05, 0) is 102 Å². The molecule has 110 heavy (non-hydrogen) atoms. The summed E-state index contributed by atoms with van der Waals surface area (Å²) in [5.41, 5.74) is -5.19. The summed E-state index contributed by atoms with van der Waals surface area (Å²) in [5.74, 6) is -13.3. The maximum Gasteiger partial charge on any atom is 0.312 e. The van der Waals surface area contributed by atoms with Crippen LogP contribution in [0.25, 0.3) is 10.8 Å². The fourth-order valence-corrected chi connectivity index (χ4v) is 16.3. The minimum atomic E-state index is -2.04. The summed E-state index contributed by atoms with van der Waals surface area (Å²) < 4.78 is 60.7. The average Bonchev–Trinajstić information content (AvgIpc) is 1.49. The Kier molecular flexibility index (Phi) is 30.3. The zero-order valence-corrected chi connectivity index (χ0v) is 68.3. The molecule has 2 aromatic carbocycles. The number of benzene rings is 2. The van der Waals surface area contributed by atoms with Crippen LogP contribution in [-0.4, -0.2) is 278 Å². The highest BCUT2D eigenvalue weighted by Gasteiger charge is 2.55. The van der Waals surface area contributed by atoms with Gasteiger partial charge >= 0.3 is 17.7 Å². The molecular weight excluding hydrogens is 1430 g/mol. The molecule has 11 N–H and O–H groups in total. The van der Waals surface area contributed by atoms with E-state index in [-0.39, 0.29) is 75.9 Å². The normalized spacial score (nSPS) is 40.3. The van der Waals surface area contributed by atoms with E-state index in [0.717, 1.165) is 13.1 Å². The van der Waals surface area contributed by atoms with Crippen LogP contribution in [0.1, 0.15) is 165 Å². The fourth-order valence-electron chi connectivity index (χ4n) is 16.3. The Morgan fingerprint density at radius 3 is 1.99 bits per heavy atom. The number of nitrogens with zero attached hydrogens (tertiary/aromatic N) is 4. The molecule has 30 nitrogen and oxygen atoms in total. The van der Waals surface area contributed by atoms with Crippen molar-refractivity contribution in [3.63, 3.8) is 0 Å². The first-order chi connectivity index (χ1) is 51.2. The molecule has 4 saturated heterocycles. The van der Waals surface area contributed by atoms with E-state index in [9.17, 15) is 75.0 Å². The molecule has 0 aliphatic carbocycles. The van der Waals surface area contributed by atoms with Crippen molar-refractivity contribution in [3.05, 3.63) is 52.8 Å². The number of rotatable bonds is 11. The molecule has 0 spiro atoms. The summed E-state index contributed by atoms with van der Waals surface area (Å²) in [6, 6.07) is -0.324. The largest absolute Gasteiger partial charge is 0.507 e. The van der Waals surface area contributed by atoms with E-state index in [0.29, 0.717) is 19.5 Å². The quantitative estimate of drug-likeness (QED) is 0.0522. The van der Waals surface area contributed by atoms with E-state index in [1.54, 1.807) is 86.4 Å². The molecule has 2 aromatic rings. The second kappa shape index (κ2) is 36.8. The summed E-state index contributed by atoms with van der Waals surface area (Å²) >= 11 is 0. The number of hydrogen-bond donors (Lipinski definition) is 11. The molecule has 7 aliphatic heterocycles. The number of allylic oxidation sites excluding steroid dienone is 2. The predicted molar refractivity (Wildman–Crippen MR) is 407 cm³/mol. The van der Waals surface area contributed by atoms with Crippen LogP contribution in [0.5, 0.6) is 23.0 Å². The zero-order chi connectivity index (χ0) is 82.6. The second-order valence-electron chi connectivity index (χ2n) is 32.6. The van der Waals surface area contributed by atoms with Crippen molar-refractivity contribution in [2.75, 3.05) is 66.9 Å². The number of carbonyl (C=O) groups excluding carboxylic acids is 5. The number of aliphatic hydroxyl groups is 7. The summed E-state index contributed by atoms with van der Waals surface area (Å²) in [5, 5.41) is 124. The number of esters is 2. The number of aromatic hydroxyl groups is 3. The number of Topliss-reactive ketones (excluding diaryl/α,β-unsaturated/α-hetero) is 2. The number of nitrogens with one attached hydrogen (secondary N) is 1. The lowest BCUT2D eigenvalue weighted by atomic mass is 9.74. The van der Waals surface area contributed by atoms with Crippen molar-refractivity contribution in [2.24, 2.45) is 52.4 Å². The number of piperazine rings is 1. The highest BCUT2D eigenvalue weighted by atomic mass is 16.7. The monoisotopic (exact) mass is 1560 g/mol. The molecular formula is C80H125N5O25. The number of ether oxygens (including phenoxy) is 10. The molecule has 4 fully saturated rings. The number of fused-ring (bicyclic) bond motifs is 14. The standard InChI is InChI=1S/C43H58N4O12.C37H67NO13/c1-21-12-11-13-22(2)42(55)45-33-28(20-44-47-17-15-46(9)16-18-47)37(52)30-31(38(33)53)36(51)26(6)40-32(30)41(54)43(8,59-40)57-19-14-29(56-10)23(3)39(58-27(7)48)25(5)35(50)24(4)34(21)49;1-14-25-37(10,45)30(41)20(4)27(39)18(2)16-35(8,44)32(51-34-28(40)24(38(11)12)15-19(3)47-34)21(5)29(22(6)33(43)49-25)50-26-17-36(9,46-13)31(42)23(7)48-26/h11-14,19-21,23-25,29,34-35,39,49-53H,15-18H2,1-10H3,(H,45,55);18-26,28-32,34,40-42,44-45H,14-17H2,1-13H3/b12-11+,19-14+,22-13-,44-20-;/t21-,23+,24+,25+,29-,34-,35+,39+,43-;18-,19-,20+,21+,22-,23+,24+,25-,26+,28-,29+,30-,31+,32-,34+,35-,36-,37-/m01/s1. The number of ketones is 2. The number of cyclic esters (lactones) is 1. The third-order valence-corrected chi connectivity index (χ3v) is 23.7. The number of phenols is 3. The van der Waals surface area contributed by atoms with Crippen molar-refractivity contribution in [2.45, 2.75) is 265 Å². The summed E-state index contributed by atoms with van der Waals surface area (Å²) in [6.45, 7) is 31.4. The van der Waals surface area contributed by atoms with Crippen LogP contribution < -0.4 is 10.1 Å². The van der Waals surface area contributed by atoms with Crippen molar-refractivity contribution >= 4 is 52.1 Å². The Balaban J connectivity index is 0.000000309.